The molecule has 0 aliphatic carbocycles. The van der Waals surface area contributed by atoms with Crippen LogP contribution in [-0.2, 0) is 0 Å². The van der Waals surface area contributed by atoms with Crippen molar-refractivity contribution in [2.45, 2.75) is 0 Å². The second-order valence-corrected chi connectivity index (χ2v) is 1.31. The summed E-state index contributed by atoms with van der Waals surface area (Å²) in [6.07, 6.45) is 2.30. The molecule has 0 unspecified atom stereocenters. The van der Waals surface area contributed by atoms with E-state index in [2.05, 4.69) is 9.40 Å². The highest BCUT2D eigenvalue weighted by molar-refractivity contribution is 5.89. The Bertz CT molecular complexity index is 194. The van der Waals surface area contributed by atoms with Crippen molar-refractivity contribution < 1.29 is 14.4 Å². The molecule has 9 heavy (non-hydrogen) atoms. The minimum atomic E-state index is -0.701. The Morgan fingerprint density at radius 2 is 2.67 bits per heavy atom. The van der Waals surface area contributed by atoms with E-state index in [1.807, 2.05) is 0 Å². The van der Waals surface area contributed by atoms with Crippen LogP contribution in [0.25, 0.3) is 0 Å². The smallest absolute Gasteiger partial charge is 0.312 e. The number of amides is 1. The molecule has 0 aromatic carbocycles. The zero-order valence-electron chi connectivity index (χ0n) is 4.37. The van der Waals surface area contributed by atoms with Gasteiger partial charge in [0.15, 0.2) is 6.39 Å². The van der Waals surface area contributed by atoms with Gasteiger partial charge in [-0.2, -0.15) is 0 Å². The minimum absolute atomic E-state index is 0.0162. The Hall–Kier alpha value is -1.36. The van der Waals surface area contributed by atoms with E-state index in [4.69, 9.17) is 5.21 Å². The van der Waals surface area contributed by atoms with Crippen LogP contribution in [0, 0.1) is 0 Å². The summed E-state index contributed by atoms with van der Waals surface area (Å²) in [7, 11) is 0. The minimum Gasteiger partial charge on any atom is -0.438 e. The van der Waals surface area contributed by atoms with Crippen molar-refractivity contribution in [2.24, 2.45) is 0 Å². The summed E-state index contributed by atoms with van der Waals surface area (Å²) in [6.45, 7) is 0. The monoisotopic (exact) mass is 128 g/mol. The van der Waals surface area contributed by atoms with Crippen LogP contribution in [0.3, 0.4) is 0 Å². The van der Waals surface area contributed by atoms with Gasteiger partial charge in [-0.3, -0.25) is 10.0 Å². The highest BCUT2D eigenvalue weighted by atomic mass is 16.5. The highest BCUT2D eigenvalue weighted by Gasteiger charge is 2.05. The molecular weight excluding hydrogens is 124 g/mol. The van der Waals surface area contributed by atoms with Crippen LogP contribution >= 0.6 is 0 Å². The Kier molecular flexibility index (Phi) is 1.46. The van der Waals surface area contributed by atoms with Crippen LogP contribution in [0.15, 0.2) is 17.0 Å². The molecule has 5 heteroatoms. The fourth-order valence-corrected chi connectivity index (χ4v) is 0.383. The summed E-state index contributed by atoms with van der Waals surface area (Å²) in [5, 5.41) is 8.02. The molecule has 0 saturated carbocycles. The average Bonchev–Trinajstić information content (AvgIpc) is 2.37. The van der Waals surface area contributed by atoms with E-state index in [1.165, 1.54) is 11.7 Å². The molecule has 0 radical (unpaired) electrons. The molecule has 0 atom stereocenters. The largest absolute Gasteiger partial charge is 0.438 e. The molecule has 1 rings (SSSR count). The van der Waals surface area contributed by atoms with Crippen LogP contribution in [0.1, 0.15) is 10.6 Å². The lowest BCUT2D eigenvalue weighted by Crippen LogP contribution is -2.17. The van der Waals surface area contributed by atoms with Crippen LogP contribution < -0.4 is 5.48 Å². The van der Waals surface area contributed by atoms with E-state index in [0.717, 1.165) is 6.39 Å². The van der Waals surface area contributed by atoms with E-state index in [0.29, 0.717) is 0 Å². The first-order valence-electron chi connectivity index (χ1n) is 2.17. The third-order valence-electron chi connectivity index (χ3n) is 0.758. The first kappa shape index (κ1) is 5.77. The number of nitrogens with one attached hydrogen (secondary N) is 1. The number of nitrogens with zero attached hydrogens (tertiary/aromatic N) is 1. The lowest BCUT2D eigenvalue weighted by molar-refractivity contribution is 0.0676. The number of carbonyl (C=O) groups is 1. The Morgan fingerprint density at radius 3 is 3.11 bits per heavy atom. The average molecular weight is 128 g/mol. The van der Waals surface area contributed by atoms with E-state index < -0.39 is 5.91 Å². The molecule has 1 heterocycles. The van der Waals surface area contributed by atoms with Gasteiger partial charge in [0.25, 0.3) is 0 Å². The van der Waals surface area contributed by atoms with Crippen LogP contribution in [0.5, 0.6) is 0 Å². The second-order valence-electron chi connectivity index (χ2n) is 1.31. The number of hydroxylamine groups is 1. The topological polar surface area (TPSA) is 75.4 Å². The summed E-state index contributed by atoms with van der Waals surface area (Å²) >= 11 is 0. The standard InChI is InChI=1S/C4H4N2O3/c7-4(6-8)3-1-5-2-9-3/h1-2,8H,(H,6,7). The Balaban J connectivity index is 2.77. The van der Waals surface area contributed by atoms with Gasteiger partial charge in [0, 0.05) is 0 Å². The molecule has 0 saturated heterocycles. The van der Waals surface area contributed by atoms with Gasteiger partial charge in [-0.05, 0) is 0 Å². The number of hydrogen-bond donors (Lipinski definition) is 2. The molecule has 1 aromatic heterocycles. The Labute approximate surface area is 50.3 Å². The van der Waals surface area contributed by atoms with Crippen molar-refractivity contribution in [3.63, 3.8) is 0 Å². The van der Waals surface area contributed by atoms with Crippen molar-refractivity contribution in [2.75, 3.05) is 0 Å². The fourth-order valence-electron chi connectivity index (χ4n) is 0.383. The fraction of sp³-hybridized carbons (Fsp3) is 0. The molecular formula is C4H4N2O3. The lowest BCUT2D eigenvalue weighted by atomic mass is 10.5. The molecule has 0 fully saturated rings. The van der Waals surface area contributed by atoms with E-state index in [-0.39, 0.29) is 5.76 Å². The number of aromatic nitrogens is 1. The highest BCUT2D eigenvalue weighted by Crippen LogP contribution is 1.93. The van der Waals surface area contributed by atoms with Crippen LogP contribution in [0.2, 0.25) is 0 Å². The maximum Gasteiger partial charge on any atom is 0.312 e. The molecule has 5 nitrogen and oxygen atoms in total. The zero-order chi connectivity index (χ0) is 6.69. The van der Waals surface area contributed by atoms with Gasteiger partial charge in [0.05, 0.1) is 6.20 Å². The Morgan fingerprint density at radius 1 is 1.89 bits per heavy atom. The maximum absolute atomic E-state index is 10.4. The van der Waals surface area contributed by atoms with Gasteiger partial charge >= 0.3 is 5.91 Å². The number of rotatable bonds is 1. The molecule has 0 aliphatic heterocycles. The molecule has 0 aliphatic rings. The molecule has 48 valence electrons. The van der Waals surface area contributed by atoms with Gasteiger partial charge < -0.3 is 4.42 Å². The van der Waals surface area contributed by atoms with Gasteiger partial charge in [0.1, 0.15) is 0 Å². The zero-order valence-corrected chi connectivity index (χ0v) is 4.37. The van der Waals surface area contributed by atoms with Crippen molar-refractivity contribution in [1.82, 2.24) is 10.5 Å². The SMILES string of the molecule is O=C(NO)c1cnco1. The number of hydrogen-bond acceptors (Lipinski definition) is 4. The van der Waals surface area contributed by atoms with Gasteiger partial charge in [-0.25, -0.2) is 10.5 Å². The number of carbonyl (C=O) groups excluding carboxylic acids is 1. The van der Waals surface area contributed by atoms with Gasteiger partial charge in [-0.1, -0.05) is 0 Å². The third-order valence-corrected chi connectivity index (χ3v) is 0.758. The van der Waals surface area contributed by atoms with Gasteiger partial charge in [-0.15, -0.1) is 0 Å². The number of oxazole rings is 1. The van der Waals surface area contributed by atoms with E-state index in [9.17, 15) is 4.79 Å². The van der Waals surface area contributed by atoms with Crippen molar-refractivity contribution in [1.29, 1.82) is 0 Å². The van der Waals surface area contributed by atoms with Crippen LogP contribution in [0.4, 0.5) is 0 Å². The predicted molar refractivity (Wildman–Crippen MR) is 25.8 cm³/mol. The van der Waals surface area contributed by atoms with Crippen molar-refractivity contribution in [3.05, 3.63) is 18.4 Å². The van der Waals surface area contributed by atoms with Crippen molar-refractivity contribution >= 4 is 5.91 Å². The van der Waals surface area contributed by atoms with Gasteiger partial charge in [0.2, 0.25) is 5.76 Å². The quantitative estimate of drug-likeness (QED) is 0.405. The first-order valence-corrected chi connectivity index (χ1v) is 2.17. The summed E-state index contributed by atoms with van der Waals surface area (Å²) in [4.78, 5) is 13.8. The summed E-state index contributed by atoms with van der Waals surface area (Å²) in [5.74, 6) is -0.718. The normalized spacial score (nSPS) is 9.00. The van der Waals surface area contributed by atoms with Crippen LogP contribution in [-0.4, -0.2) is 16.1 Å². The van der Waals surface area contributed by atoms with Crippen molar-refractivity contribution in [3.8, 4) is 0 Å². The molecule has 0 bridgehead atoms. The molecule has 1 amide bonds. The third kappa shape index (κ3) is 1.06. The molecule has 1 aromatic rings. The lowest BCUT2D eigenvalue weighted by Gasteiger charge is -1.87. The van der Waals surface area contributed by atoms with E-state index in [1.54, 1.807) is 0 Å². The summed E-state index contributed by atoms with van der Waals surface area (Å²) in [5.41, 5.74) is 1.39. The molecule has 2 N–H and O–H groups in total. The summed E-state index contributed by atoms with van der Waals surface area (Å²) < 4.78 is 4.50. The second kappa shape index (κ2) is 2.27. The van der Waals surface area contributed by atoms with E-state index >= 15 is 0 Å². The summed E-state index contributed by atoms with van der Waals surface area (Å²) in [6, 6.07) is 0. The first-order chi connectivity index (χ1) is 4.34. The maximum atomic E-state index is 10.4. The predicted octanol–water partition coefficient (Wildman–Crippen LogP) is -0.206. The molecule has 0 spiro atoms.